The van der Waals surface area contributed by atoms with E-state index in [0.29, 0.717) is 12.4 Å². The van der Waals surface area contributed by atoms with E-state index in [0.717, 1.165) is 23.7 Å². The van der Waals surface area contributed by atoms with Crippen molar-refractivity contribution in [2.75, 3.05) is 12.3 Å². The summed E-state index contributed by atoms with van der Waals surface area (Å²) in [6.07, 6.45) is 0. The van der Waals surface area contributed by atoms with Crippen LogP contribution >= 0.6 is 0 Å². The second-order valence-electron chi connectivity index (χ2n) is 5.69. The molecule has 1 aromatic carbocycles. The van der Waals surface area contributed by atoms with Crippen LogP contribution in [-0.4, -0.2) is 29.7 Å². The number of hydrogen-bond donors (Lipinski definition) is 1. The van der Waals surface area contributed by atoms with Crippen LogP contribution in [0.4, 0.5) is 5.69 Å². The SMILES string of the molecule is C[Si](C)(C)CCOCn1nnc2ccc(N)cc21. The van der Waals surface area contributed by atoms with Gasteiger partial charge < -0.3 is 10.5 Å². The third-order valence-corrected chi connectivity index (χ3v) is 4.45. The monoisotopic (exact) mass is 264 g/mol. The lowest BCUT2D eigenvalue weighted by Gasteiger charge is -2.15. The molecule has 0 aliphatic rings. The number of nitrogen functional groups attached to an aromatic ring is 1. The van der Waals surface area contributed by atoms with Crippen molar-refractivity contribution in [3.8, 4) is 0 Å². The zero-order valence-corrected chi connectivity index (χ0v) is 12.2. The van der Waals surface area contributed by atoms with Gasteiger partial charge in [-0.1, -0.05) is 24.9 Å². The van der Waals surface area contributed by atoms with Gasteiger partial charge in [0.25, 0.3) is 0 Å². The summed E-state index contributed by atoms with van der Waals surface area (Å²) in [5, 5.41) is 8.14. The van der Waals surface area contributed by atoms with Gasteiger partial charge >= 0.3 is 0 Å². The highest BCUT2D eigenvalue weighted by molar-refractivity contribution is 6.76. The molecule has 2 aromatic rings. The number of hydrogen-bond acceptors (Lipinski definition) is 4. The molecular formula is C12H20N4OSi. The highest BCUT2D eigenvalue weighted by Crippen LogP contribution is 2.15. The lowest BCUT2D eigenvalue weighted by molar-refractivity contribution is 0.0803. The summed E-state index contributed by atoms with van der Waals surface area (Å²) < 4.78 is 7.40. The molecule has 0 spiro atoms. The van der Waals surface area contributed by atoms with E-state index in [9.17, 15) is 0 Å². The molecule has 0 aliphatic carbocycles. The predicted octanol–water partition coefficient (Wildman–Crippen LogP) is 2.33. The van der Waals surface area contributed by atoms with Crippen LogP contribution in [-0.2, 0) is 11.5 Å². The molecular weight excluding hydrogens is 244 g/mol. The molecule has 2 N–H and O–H groups in total. The minimum Gasteiger partial charge on any atom is -0.399 e. The zero-order valence-electron chi connectivity index (χ0n) is 11.2. The fourth-order valence-corrected chi connectivity index (χ4v) is 2.36. The highest BCUT2D eigenvalue weighted by Gasteiger charge is 2.12. The van der Waals surface area contributed by atoms with E-state index in [2.05, 4.69) is 30.0 Å². The zero-order chi connectivity index (χ0) is 13.2. The Morgan fingerprint density at radius 3 is 2.83 bits per heavy atom. The quantitative estimate of drug-likeness (QED) is 0.511. The van der Waals surface area contributed by atoms with E-state index in [1.165, 1.54) is 0 Å². The smallest absolute Gasteiger partial charge is 0.141 e. The largest absolute Gasteiger partial charge is 0.399 e. The Balaban J connectivity index is 1.98. The van der Waals surface area contributed by atoms with Crippen molar-refractivity contribution in [1.82, 2.24) is 15.0 Å². The normalized spacial score (nSPS) is 12.2. The van der Waals surface area contributed by atoms with Crippen molar-refractivity contribution < 1.29 is 4.74 Å². The van der Waals surface area contributed by atoms with Crippen molar-refractivity contribution >= 4 is 24.8 Å². The molecule has 6 heteroatoms. The van der Waals surface area contributed by atoms with Crippen LogP contribution in [0.15, 0.2) is 18.2 Å². The fraction of sp³-hybridized carbons (Fsp3) is 0.500. The molecule has 0 atom stereocenters. The van der Waals surface area contributed by atoms with Crippen molar-refractivity contribution in [2.24, 2.45) is 0 Å². The fourth-order valence-electron chi connectivity index (χ4n) is 1.61. The van der Waals surface area contributed by atoms with Crippen molar-refractivity contribution in [3.05, 3.63) is 18.2 Å². The van der Waals surface area contributed by atoms with E-state index >= 15 is 0 Å². The van der Waals surface area contributed by atoms with Gasteiger partial charge in [-0.15, -0.1) is 5.10 Å². The average molecular weight is 264 g/mol. The Hall–Kier alpha value is -1.40. The molecule has 1 aromatic heterocycles. The predicted molar refractivity (Wildman–Crippen MR) is 76.0 cm³/mol. The van der Waals surface area contributed by atoms with Gasteiger partial charge in [-0.25, -0.2) is 4.68 Å². The van der Waals surface area contributed by atoms with Crippen molar-refractivity contribution in [3.63, 3.8) is 0 Å². The van der Waals surface area contributed by atoms with Crippen LogP contribution in [0.3, 0.4) is 0 Å². The number of benzene rings is 1. The van der Waals surface area contributed by atoms with Gasteiger partial charge in [0.2, 0.25) is 0 Å². The second-order valence-corrected chi connectivity index (χ2v) is 11.3. The molecule has 0 aliphatic heterocycles. The van der Waals surface area contributed by atoms with Crippen LogP contribution < -0.4 is 5.73 Å². The third-order valence-electron chi connectivity index (χ3n) is 2.75. The molecule has 18 heavy (non-hydrogen) atoms. The van der Waals surface area contributed by atoms with E-state index in [1.54, 1.807) is 4.68 Å². The minimum absolute atomic E-state index is 0.435. The number of anilines is 1. The van der Waals surface area contributed by atoms with E-state index < -0.39 is 8.07 Å². The first-order chi connectivity index (χ1) is 8.46. The van der Waals surface area contributed by atoms with Gasteiger partial charge in [-0.2, -0.15) is 0 Å². The first kappa shape index (κ1) is 13.0. The van der Waals surface area contributed by atoms with Gasteiger partial charge in [0.1, 0.15) is 12.2 Å². The van der Waals surface area contributed by atoms with E-state index in [4.69, 9.17) is 10.5 Å². The van der Waals surface area contributed by atoms with Gasteiger partial charge in [0, 0.05) is 20.4 Å². The van der Waals surface area contributed by atoms with Gasteiger partial charge in [-0.3, -0.25) is 0 Å². The summed E-state index contributed by atoms with van der Waals surface area (Å²) in [5.74, 6) is 0. The Morgan fingerprint density at radius 2 is 2.11 bits per heavy atom. The molecule has 1 heterocycles. The van der Waals surface area contributed by atoms with Crippen LogP contribution in [0, 0.1) is 0 Å². The maximum Gasteiger partial charge on any atom is 0.141 e. The van der Waals surface area contributed by atoms with Crippen molar-refractivity contribution in [1.29, 1.82) is 0 Å². The van der Waals surface area contributed by atoms with Crippen LogP contribution in [0.25, 0.3) is 11.0 Å². The highest BCUT2D eigenvalue weighted by atomic mass is 28.3. The Labute approximate surface area is 108 Å². The molecule has 0 saturated carbocycles. The maximum atomic E-state index is 5.76. The summed E-state index contributed by atoms with van der Waals surface area (Å²) in [5.41, 5.74) is 8.24. The molecule has 0 unspecified atom stereocenters. The third kappa shape index (κ3) is 3.30. The number of fused-ring (bicyclic) bond motifs is 1. The van der Waals surface area contributed by atoms with Gasteiger partial charge in [0.05, 0.1) is 5.52 Å². The summed E-state index contributed by atoms with van der Waals surface area (Å²) in [6, 6.07) is 6.72. The number of aromatic nitrogens is 3. The molecule has 0 bridgehead atoms. The molecule has 98 valence electrons. The van der Waals surface area contributed by atoms with Crippen LogP contribution in [0.2, 0.25) is 25.7 Å². The topological polar surface area (TPSA) is 66.0 Å². The summed E-state index contributed by atoms with van der Waals surface area (Å²) >= 11 is 0. The molecule has 0 amide bonds. The lowest BCUT2D eigenvalue weighted by Crippen LogP contribution is -2.22. The van der Waals surface area contributed by atoms with Crippen molar-refractivity contribution in [2.45, 2.75) is 32.4 Å². The molecule has 2 rings (SSSR count). The minimum atomic E-state index is -1.03. The molecule has 0 radical (unpaired) electrons. The van der Waals surface area contributed by atoms with E-state index in [-0.39, 0.29) is 0 Å². The standard InChI is InChI=1S/C12H20N4OSi/c1-18(2,3)7-6-17-9-16-12-8-10(13)4-5-11(12)14-15-16/h4-5,8H,6-7,9,13H2,1-3H3. The second kappa shape index (κ2) is 5.07. The van der Waals surface area contributed by atoms with E-state index in [1.807, 2.05) is 18.2 Å². The number of ether oxygens (including phenoxy) is 1. The Morgan fingerprint density at radius 1 is 1.33 bits per heavy atom. The molecule has 0 fully saturated rings. The van der Waals surface area contributed by atoms with Gasteiger partial charge in [-0.05, 0) is 24.2 Å². The first-order valence-corrected chi connectivity index (χ1v) is 9.83. The van der Waals surface area contributed by atoms with Crippen LogP contribution in [0.1, 0.15) is 0 Å². The summed E-state index contributed by atoms with van der Waals surface area (Å²) in [4.78, 5) is 0. The number of rotatable bonds is 5. The average Bonchev–Trinajstić information content (AvgIpc) is 2.66. The first-order valence-electron chi connectivity index (χ1n) is 6.12. The number of nitrogens with zero attached hydrogens (tertiary/aromatic N) is 3. The lowest BCUT2D eigenvalue weighted by atomic mass is 10.3. The maximum absolute atomic E-state index is 5.76. The summed E-state index contributed by atoms with van der Waals surface area (Å²) in [6.45, 7) is 8.22. The van der Waals surface area contributed by atoms with Gasteiger partial charge in [0.15, 0.2) is 0 Å². The molecule has 0 saturated heterocycles. The number of nitrogens with two attached hydrogens (primary N) is 1. The molecule has 5 nitrogen and oxygen atoms in total. The summed E-state index contributed by atoms with van der Waals surface area (Å²) in [7, 11) is -1.03. The van der Waals surface area contributed by atoms with Crippen LogP contribution in [0.5, 0.6) is 0 Å². The Kier molecular flexibility index (Phi) is 3.67. The Bertz CT molecular complexity index is 532.